The van der Waals surface area contributed by atoms with Crippen molar-refractivity contribution in [2.24, 2.45) is 0 Å². The van der Waals surface area contributed by atoms with E-state index in [1.807, 2.05) is 17.7 Å². The Morgan fingerprint density at radius 3 is 3.07 bits per heavy atom. The second kappa shape index (κ2) is 5.19. The number of anilines is 1. The van der Waals surface area contributed by atoms with Crippen molar-refractivity contribution in [1.29, 1.82) is 0 Å². The van der Waals surface area contributed by atoms with Crippen LogP contribution >= 0.6 is 0 Å². The smallest absolute Gasteiger partial charge is 0.323 e. The van der Waals surface area contributed by atoms with Crippen LogP contribution in [-0.2, 0) is 11.3 Å². The summed E-state index contributed by atoms with van der Waals surface area (Å²) in [5, 5.41) is 8.76. The Kier molecular flexibility index (Phi) is 3.91. The largest absolute Gasteiger partial charge is 0.480 e. The number of carbonyl (C=O) groups is 1. The Bertz CT molecular complexity index is 346. The molecule has 0 bridgehead atoms. The molecule has 1 heterocycles. The van der Waals surface area contributed by atoms with Gasteiger partial charge < -0.3 is 14.6 Å². The molecule has 0 aliphatic rings. The summed E-state index contributed by atoms with van der Waals surface area (Å²) in [5.74, 6) is -0.206. The summed E-state index contributed by atoms with van der Waals surface area (Å²) in [5.41, 5.74) is 0. The molecule has 0 spiro atoms. The Morgan fingerprint density at radius 1 is 1.80 bits per heavy atom. The molecule has 0 saturated carbocycles. The van der Waals surface area contributed by atoms with Crippen LogP contribution in [0.25, 0.3) is 0 Å². The molecule has 1 aromatic rings. The molecule has 0 fully saturated rings. The van der Waals surface area contributed by atoms with Gasteiger partial charge in [0.2, 0.25) is 5.95 Å². The molecule has 0 aliphatic carbocycles. The maximum absolute atomic E-state index is 10.7. The van der Waals surface area contributed by atoms with E-state index in [-0.39, 0.29) is 6.54 Å². The second-order valence-corrected chi connectivity index (χ2v) is 3.08. The first-order chi connectivity index (χ1) is 7.19. The number of carboxylic acid groups (broad SMARTS) is 1. The van der Waals surface area contributed by atoms with Gasteiger partial charge in [-0.15, -0.1) is 6.58 Å². The molecule has 0 radical (unpaired) electrons. The van der Waals surface area contributed by atoms with E-state index in [0.29, 0.717) is 12.5 Å². The minimum absolute atomic E-state index is 0.0664. The Labute approximate surface area is 88.7 Å². The van der Waals surface area contributed by atoms with Crippen LogP contribution in [-0.4, -0.2) is 33.7 Å². The van der Waals surface area contributed by atoms with Gasteiger partial charge in [0.1, 0.15) is 6.54 Å². The fraction of sp³-hybridized carbons (Fsp3) is 0.400. The average Bonchev–Trinajstić information content (AvgIpc) is 2.64. The third kappa shape index (κ3) is 2.83. The van der Waals surface area contributed by atoms with Crippen LogP contribution in [0.3, 0.4) is 0 Å². The number of nitrogens with zero attached hydrogens (tertiary/aromatic N) is 3. The molecule has 1 aromatic heterocycles. The fourth-order valence-corrected chi connectivity index (χ4v) is 1.37. The van der Waals surface area contributed by atoms with Gasteiger partial charge >= 0.3 is 5.97 Å². The molecule has 82 valence electrons. The van der Waals surface area contributed by atoms with Crippen LogP contribution in [0.4, 0.5) is 5.95 Å². The predicted molar refractivity (Wildman–Crippen MR) is 57.9 cm³/mol. The van der Waals surface area contributed by atoms with Crippen molar-refractivity contribution in [1.82, 2.24) is 9.55 Å². The highest BCUT2D eigenvalue weighted by molar-refractivity contribution is 5.72. The number of carboxylic acids is 1. The summed E-state index contributed by atoms with van der Waals surface area (Å²) in [6.45, 7) is 6.76. The molecule has 5 nitrogen and oxygen atoms in total. The normalized spacial score (nSPS) is 9.93. The Hall–Kier alpha value is -1.78. The predicted octanol–water partition coefficient (Wildman–Crippen LogP) is 0.980. The van der Waals surface area contributed by atoms with Crippen molar-refractivity contribution in [3.05, 3.63) is 25.0 Å². The van der Waals surface area contributed by atoms with E-state index < -0.39 is 5.97 Å². The van der Waals surface area contributed by atoms with Crippen LogP contribution in [0.5, 0.6) is 0 Å². The molecule has 1 N–H and O–H groups in total. The number of rotatable bonds is 6. The summed E-state index contributed by atoms with van der Waals surface area (Å²) in [4.78, 5) is 16.5. The van der Waals surface area contributed by atoms with E-state index in [2.05, 4.69) is 11.6 Å². The lowest BCUT2D eigenvalue weighted by Crippen LogP contribution is -2.32. The van der Waals surface area contributed by atoms with Gasteiger partial charge in [-0.25, -0.2) is 4.98 Å². The molecule has 0 aliphatic heterocycles. The van der Waals surface area contributed by atoms with Crippen molar-refractivity contribution in [2.75, 3.05) is 18.0 Å². The van der Waals surface area contributed by atoms with E-state index in [1.54, 1.807) is 17.2 Å². The third-order valence-electron chi connectivity index (χ3n) is 1.99. The first-order valence-electron chi connectivity index (χ1n) is 4.77. The highest BCUT2D eigenvalue weighted by Crippen LogP contribution is 2.10. The maximum atomic E-state index is 10.7. The Morgan fingerprint density at radius 2 is 2.53 bits per heavy atom. The fourth-order valence-electron chi connectivity index (χ4n) is 1.37. The lowest BCUT2D eigenvalue weighted by atomic mass is 10.5. The zero-order valence-electron chi connectivity index (χ0n) is 8.76. The Balaban J connectivity index is 2.87. The van der Waals surface area contributed by atoms with Gasteiger partial charge in [-0.3, -0.25) is 4.79 Å². The van der Waals surface area contributed by atoms with Crippen molar-refractivity contribution in [2.45, 2.75) is 13.5 Å². The third-order valence-corrected chi connectivity index (χ3v) is 1.99. The van der Waals surface area contributed by atoms with Crippen LogP contribution < -0.4 is 4.90 Å². The highest BCUT2D eigenvalue weighted by Gasteiger charge is 2.13. The first-order valence-corrected chi connectivity index (χ1v) is 4.77. The minimum Gasteiger partial charge on any atom is -0.480 e. The summed E-state index contributed by atoms with van der Waals surface area (Å²) in [6, 6.07) is 0. The van der Waals surface area contributed by atoms with E-state index in [4.69, 9.17) is 5.11 Å². The number of aryl methyl sites for hydroxylation is 1. The molecule has 0 saturated heterocycles. The van der Waals surface area contributed by atoms with Gasteiger partial charge in [0.05, 0.1) is 0 Å². The highest BCUT2D eigenvalue weighted by atomic mass is 16.4. The van der Waals surface area contributed by atoms with E-state index in [9.17, 15) is 4.79 Å². The molecular formula is C10H15N3O2. The van der Waals surface area contributed by atoms with Crippen LogP contribution in [0.1, 0.15) is 6.92 Å². The molecule has 0 amide bonds. The zero-order valence-corrected chi connectivity index (χ0v) is 8.76. The summed E-state index contributed by atoms with van der Waals surface area (Å²) < 4.78 is 1.90. The van der Waals surface area contributed by atoms with Crippen molar-refractivity contribution >= 4 is 11.9 Å². The van der Waals surface area contributed by atoms with Gasteiger partial charge in [-0.1, -0.05) is 6.08 Å². The second-order valence-electron chi connectivity index (χ2n) is 3.08. The summed E-state index contributed by atoms with van der Waals surface area (Å²) >= 11 is 0. The van der Waals surface area contributed by atoms with Crippen molar-refractivity contribution < 1.29 is 9.90 Å². The van der Waals surface area contributed by atoms with Crippen molar-refractivity contribution in [3.63, 3.8) is 0 Å². The molecule has 0 atom stereocenters. The standard InChI is InChI=1S/C10H15N3O2/c1-3-6-13(8-9(14)15)10-11-5-7-12(10)4-2/h3,5,7H,1,4,6,8H2,2H3,(H,14,15). The van der Waals surface area contributed by atoms with Gasteiger partial charge in [0.25, 0.3) is 0 Å². The quantitative estimate of drug-likeness (QED) is 0.709. The van der Waals surface area contributed by atoms with Crippen LogP contribution in [0.2, 0.25) is 0 Å². The van der Waals surface area contributed by atoms with Crippen molar-refractivity contribution in [3.8, 4) is 0 Å². The number of hydrogen-bond donors (Lipinski definition) is 1. The molecule has 0 unspecified atom stereocenters. The molecule has 15 heavy (non-hydrogen) atoms. The first kappa shape index (κ1) is 11.3. The SMILES string of the molecule is C=CCN(CC(=O)O)c1nccn1CC. The van der Waals surface area contributed by atoms with Gasteiger partial charge in [-0.2, -0.15) is 0 Å². The van der Waals surface area contributed by atoms with Gasteiger partial charge in [0, 0.05) is 25.5 Å². The molecule has 1 rings (SSSR count). The van der Waals surface area contributed by atoms with E-state index in [1.165, 1.54) is 0 Å². The number of aromatic nitrogens is 2. The minimum atomic E-state index is -0.873. The van der Waals surface area contributed by atoms with E-state index in [0.717, 1.165) is 6.54 Å². The maximum Gasteiger partial charge on any atom is 0.323 e. The van der Waals surface area contributed by atoms with Gasteiger partial charge in [-0.05, 0) is 6.92 Å². The zero-order chi connectivity index (χ0) is 11.3. The summed E-state index contributed by atoms with van der Waals surface area (Å²) in [7, 11) is 0. The number of hydrogen-bond acceptors (Lipinski definition) is 3. The topological polar surface area (TPSA) is 58.4 Å². The number of imidazole rings is 1. The van der Waals surface area contributed by atoms with E-state index >= 15 is 0 Å². The lowest BCUT2D eigenvalue weighted by Gasteiger charge is -2.20. The monoisotopic (exact) mass is 209 g/mol. The molecule has 0 aromatic carbocycles. The van der Waals surface area contributed by atoms with Crippen LogP contribution in [0.15, 0.2) is 25.0 Å². The molecular weight excluding hydrogens is 194 g/mol. The molecule has 5 heteroatoms. The van der Waals surface area contributed by atoms with Crippen LogP contribution in [0, 0.1) is 0 Å². The number of aliphatic carboxylic acids is 1. The lowest BCUT2D eigenvalue weighted by molar-refractivity contribution is -0.135. The summed E-state index contributed by atoms with van der Waals surface area (Å²) in [6.07, 6.45) is 5.15. The average molecular weight is 209 g/mol. The van der Waals surface area contributed by atoms with Gasteiger partial charge in [0.15, 0.2) is 0 Å².